The zero-order chi connectivity index (χ0) is 14.0. The first-order chi connectivity index (χ1) is 8.17. The van der Waals surface area contributed by atoms with E-state index in [0.29, 0.717) is 5.56 Å². The lowest BCUT2D eigenvalue weighted by molar-refractivity contribution is -0.360. The zero-order valence-electron chi connectivity index (χ0n) is 9.06. The number of halogens is 6. The third kappa shape index (κ3) is 3.46. The predicted molar refractivity (Wildman–Crippen MR) is 55.5 cm³/mol. The predicted octanol–water partition coefficient (Wildman–Crippen LogP) is 4.02. The van der Waals surface area contributed by atoms with Gasteiger partial charge in [-0.3, -0.25) is 0 Å². The van der Waals surface area contributed by atoms with Gasteiger partial charge in [-0.05, 0) is 36.4 Å². The van der Waals surface area contributed by atoms with Gasteiger partial charge in [0, 0.05) is 6.04 Å². The Bertz CT molecular complexity index is 409. The summed E-state index contributed by atoms with van der Waals surface area (Å²) in [7, 11) is 0. The van der Waals surface area contributed by atoms with Crippen LogP contribution >= 0.6 is 11.8 Å². The molecule has 0 saturated carbocycles. The topological polar surface area (TPSA) is 21.3 Å². The van der Waals surface area contributed by atoms with Crippen LogP contribution in [0.2, 0.25) is 0 Å². The van der Waals surface area contributed by atoms with Gasteiger partial charge in [0.05, 0.1) is 0 Å². The van der Waals surface area contributed by atoms with E-state index in [1.54, 1.807) is 6.92 Å². The summed E-state index contributed by atoms with van der Waals surface area (Å²) in [5.74, 6) is -0.589. The van der Waals surface area contributed by atoms with Gasteiger partial charge < -0.3 is 4.74 Å². The van der Waals surface area contributed by atoms with Crippen LogP contribution < -0.4 is 9.57 Å². The highest BCUT2D eigenvalue weighted by atomic mass is 35.5. The van der Waals surface area contributed by atoms with Gasteiger partial charge in [-0.2, -0.15) is 22.0 Å². The largest absolute Gasteiger partial charge is 0.499 e. The summed E-state index contributed by atoms with van der Waals surface area (Å²) in [6.07, 6.45) is -11.0. The molecule has 0 aromatic heterocycles. The molecular formula is C10H9ClF5NO. The second kappa shape index (κ2) is 5.27. The first-order valence-corrected chi connectivity index (χ1v) is 5.15. The van der Waals surface area contributed by atoms with E-state index in [0.717, 1.165) is 12.1 Å². The van der Waals surface area contributed by atoms with Gasteiger partial charge in [-0.15, -0.1) is 0 Å². The molecule has 0 aliphatic heterocycles. The van der Waals surface area contributed by atoms with Crippen molar-refractivity contribution in [1.82, 2.24) is 4.84 Å². The SMILES string of the molecule is C[C@@H](NCl)c1cccc(OC(F)(F)C(F)(F)F)c1. The minimum absolute atomic E-state index is 0.417. The molecule has 1 rings (SSSR count). The Morgan fingerprint density at radius 1 is 1.22 bits per heavy atom. The number of hydrogen-bond acceptors (Lipinski definition) is 2. The lowest BCUT2D eigenvalue weighted by atomic mass is 10.1. The summed E-state index contributed by atoms with van der Waals surface area (Å²) >= 11 is 5.33. The quantitative estimate of drug-likeness (QED) is 0.667. The number of ether oxygens (including phenoxy) is 1. The molecule has 0 fully saturated rings. The normalized spacial score (nSPS) is 14.4. The molecule has 1 atom stereocenters. The number of rotatable bonds is 4. The molecular weight excluding hydrogens is 281 g/mol. The lowest BCUT2D eigenvalue weighted by Crippen LogP contribution is -2.41. The van der Waals surface area contributed by atoms with Crippen molar-refractivity contribution in [2.45, 2.75) is 25.3 Å². The first kappa shape index (κ1) is 15.0. The molecule has 0 saturated heterocycles. The van der Waals surface area contributed by atoms with E-state index in [-0.39, 0.29) is 0 Å². The molecule has 1 aromatic rings. The number of hydrogen-bond donors (Lipinski definition) is 1. The van der Waals surface area contributed by atoms with Crippen molar-refractivity contribution in [2.75, 3.05) is 0 Å². The van der Waals surface area contributed by atoms with E-state index >= 15 is 0 Å². The summed E-state index contributed by atoms with van der Waals surface area (Å²) in [5.41, 5.74) is 0.417. The Balaban J connectivity index is 2.92. The smallest absolute Gasteiger partial charge is 0.426 e. The van der Waals surface area contributed by atoms with Gasteiger partial charge in [0.2, 0.25) is 0 Å². The summed E-state index contributed by atoms with van der Waals surface area (Å²) in [6, 6.07) is 4.44. The Labute approximate surface area is 105 Å². The molecule has 0 heterocycles. The average Bonchev–Trinajstić information content (AvgIpc) is 2.26. The van der Waals surface area contributed by atoms with Crippen LogP contribution in [0.5, 0.6) is 5.75 Å². The third-order valence-electron chi connectivity index (χ3n) is 2.10. The fourth-order valence-electron chi connectivity index (χ4n) is 1.12. The minimum atomic E-state index is -5.76. The molecule has 18 heavy (non-hydrogen) atoms. The highest BCUT2D eigenvalue weighted by molar-refractivity contribution is 6.13. The molecule has 1 N–H and O–H groups in total. The van der Waals surface area contributed by atoms with Crippen LogP contribution in [0, 0.1) is 0 Å². The maximum absolute atomic E-state index is 12.6. The Hall–Kier alpha value is -1.08. The standard InChI is InChI=1S/C10H9ClF5NO/c1-6(17-11)7-3-2-4-8(5-7)18-10(15,16)9(12,13)14/h2-6,17H,1H3/t6-/m1/s1. The van der Waals surface area contributed by atoms with E-state index in [2.05, 4.69) is 9.57 Å². The fourth-order valence-corrected chi connectivity index (χ4v) is 1.24. The maximum atomic E-state index is 12.6. The third-order valence-corrected chi connectivity index (χ3v) is 2.43. The van der Waals surface area contributed by atoms with E-state index < -0.39 is 24.1 Å². The van der Waals surface area contributed by atoms with E-state index in [9.17, 15) is 22.0 Å². The summed E-state index contributed by atoms with van der Waals surface area (Å²) in [5, 5.41) is 0. The van der Waals surface area contributed by atoms with Gasteiger partial charge in [0.25, 0.3) is 0 Å². The lowest BCUT2D eigenvalue weighted by Gasteiger charge is -2.20. The van der Waals surface area contributed by atoms with E-state index in [1.165, 1.54) is 12.1 Å². The van der Waals surface area contributed by atoms with Crippen molar-refractivity contribution >= 4 is 11.8 Å². The van der Waals surface area contributed by atoms with Gasteiger partial charge in [-0.1, -0.05) is 12.1 Å². The second-order valence-corrected chi connectivity index (χ2v) is 3.74. The van der Waals surface area contributed by atoms with Crippen molar-refractivity contribution in [3.63, 3.8) is 0 Å². The molecule has 0 bridgehead atoms. The van der Waals surface area contributed by atoms with Crippen molar-refractivity contribution < 1.29 is 26.7 Å². The van der Waals surface area contributed by atoms with Crippen LogP contribution in [0.25, 0.3) is 0 Å². The molecule has 8 heteroatoms. The highest BCUT2D eigenvalue weighted by Crippen LogP contribution is 2.37. The summed E-state index contributed by atoms with van der Waals surface area (Å²) in [6.45, 7) is 1.61. The maximum Gasteiger partial charge on any atom is 0.499 e. The van der Waals surface area contributed by atoms with Crippen molar-refractivity contribution in [3.8, 4) is 5.75 Å². The van der Waals surface area contributed by atoms with Crippen LogP contribution in [-0.4, -0.2) is 12.3 Å². The Kier molecular flexibility index (Phi) is 4.39. The zero-order valence-corrected chi connectivity index (χ0v) is 9.82. The van der Waals surface area contributed by atoms with Gasteiger partial charge in [-0.25, -0.2) is 4.84 Å². The van der Waals surface area contributed by atoms with Crippen LogP contribution in [0.1, 0.15) is 18.5 Å². The van der Waals surface area contributed by atoms with Crippen LogP contribution in [0.3, 0.4) is 0 Å². The second-order valence-electron chi connectivity index (χ2n) is 3.52. The van der Waals surface area contributed by atoms with E-state index in [4.69, 9.17) is 11.8 Å². The fraction of sp³-hybridized carbons (Fsp3) is 0.400. The average molecular weight is 290 g/mol. The van der Waals surface area contributed by atoms with Gasteiger partial charge >= 0.3 is 12.3 Å². The summed E-state index contributed by atoms with van der Waals surface area (Å²) in [4.78, 5) is 2.31. The Morgan fingerprint density at radius 2 is 1.83 bits per heavy atom. The molecule has 0 unspecified atom stereocenters. The number of benzene rings is 1. The van der Waals surface area contributed by atoms with Gasteiger partial charge in [0.15, 0.2) is 0 Å². The molecule has 2 nitrogen and oxygen atoms in total. The van der Waals surface area contributed by atoms with E-state index in [1.807, 2.05) is 0 Å². The van der Waals surface area contributed by atoms with Crippen LogP contribution in [0.4, 0.5) is 22.0 Å². The minimum Gasteiger partial charge on any atom is -0.426 e. The van der Waals surface area contributed by atoms with Crippen LogP contribution in [0.15, 0.2) is 24.3 Å². The number of alkyl halides is 5. The molecule has 0 aliphatic rings. The van der Waals surface area contributed by atoms with Crippen LogP contribution in [-0.2, 0) is 0 Å². The summed E-state index contributed by atoms with van der Waals surface area (Å²) < 4.78 is 64.8. The molecule has 0 radical (unpaired) electrons. The first-order valence-electron chi connectivity index (χ1n) is 4.77. The van der Waals surface area contributed by atoms with Crippen molar-refractivity contribution in [2.24, 2.45) is 0 Å². The Morgan fingerprint density at radius 3 is 2.33 bits per heavy atom. The monoisotopic (exact) mass is 289 g/mol. The highest BCUT2D eigenvalue weighted by Gasteiger charge is 2.61. The van der Waals surface area contributed by atoms with Crippen molar-refractivity contribution in [1.29, 1.82) is 0 Å². The molecule has 1 aromatic carbocycles. The molecule has 0 amide bonds. The van der Waals surface area contributed by atoms with Gasteiger partial charge in [0.1, 0.15) is 5.75 Å². The molecule has 0 aliphatic carbocycles. The molecule has 102 valence electrons. The number of nitrogens with one attached hydrogen (secondary N) is 1. The van der Waals surface area contributed by atoms with Crippen molar-refractivity contribution in [3.05, 3.63) is 29.8 Å². The molecule has 0 spiro atoms.